The molecular weight excluding hydrogens is 619 g/mol. The fourth-order valence-electron chi connectivity index (χ4n) is 9.35. The fourth-order valence-corrected chi connectivity index (χ4v) is 9.35. The number of rotatable bonds is 4. The summed E-state index contributed by atoms with van der Waals surface area (Å²) in [4.78, 5) is 14.9. The van der Waals surface area contributed by atoms with Crippen molar-refractivity contribution >= 4 is 0 Å². The van der Waals surface area contributed by atoms with Gasteiger partial charge >= 0.3 is 0 Å². The van der Waals surface area contributed by atoms with Gasteiger partial charge in [-0.15, -0.1) is 0 Å². The molecule has 3 aliphatic rings. The number of aromatic nitrogens is 3. The largest absolute Gasteiger partial charge is 0.208 e. The minimum Gasteiger partial charge on any atom is -0.208 e. The summed E-state index contributed by atoms with van der Waals surface area (Å²) < 4.78 is 0. The van der Waals surface area contributed by atoms with Gasteiger partial charge in [0, 0.05) is 27.5 Å². The van der Waals surface area contributed by atoms with Gasteiger partial charge in [-0.1, -0.05) is 148 Å². The lowest BCUT2D eigenvalue weighted by Crippen LogP contribution is -2.28. The zero-order chi connectivity index (χ0) is 34.2. The molecule has 3 aliphatic carbocycles. The zero-order valence-electron chi connectivity index (χ0n) is 29.2. The van der Waals surface area contributed by atoms with E-state index in [-0.39, 0.29) is 10.8 Å². The molecule has 1 spiro atoms. The van der Waals surface area contributed by atoms with Gasteiger partial charge in [0.1, 0.15) is 0 Å². The maximum atomic E-state index is 5.01. The molecule has 1 heterocycles. The van der Waals surface area contributed by atoms with E-state index in [1.54, 1.807) is 11.1 Å². The summed E-state index contributed by atoms with van der Waals surface area (Å²) in [6.07, 6.45) is 6.43. The SMILES string of the molecule is CC1(C)c2ccc(-c3cccc(-c4nc(-c5ccccc5)nc(-c5ccccc5)n4)c3)cc2-c2cc3c(cc21)-c1ccccc1C31CCCCC1. The summed E-state index contributed by atoms with van der Waals surface area (Å²) in [5.41, 5.74) is 17.0. The summed E-state index contributed by atoms with van der Waals surface area (Å²) in [6.45, 7) is 4.80. The summed E-state index contributed by atoms with van der Waals surface area (Å²) >= 11 is 0. The van der Waals surface area contributed by atoms with Crippen LogP contribution in [0.4, 0.5) is 0 Å². The molecule has 0 aliphatic heterocycles. The third-order valence-corrected chi connectivity index (χ3v) is 11.9. The van der Waals surface area contributed by atoms with Crippen LogP contribution in [0.2, 0.25) is 0 Å². The zero-order valence-corrected chi connectivity index (χ0v) is 29.2. The highest BCUT2D eigenvalue weighted by molar-refractivity contribution is 5.91. The van der Waals surface area contributed by atoms with Crippen LogP contribution in [-0.4, -0.2) is 15.0 Å². The average molecular weight is 658 g/mol. The number of hydrogen-bond acceptors (Lipinski definition) is 3. The van der Waals surface area contributed by atoms with E-state index in [0.29, 0.717) is 17.5 Å². The second-order valence-corrected chi connectivity index (χ2v) is 15.1. The van der Waals surface area contributed by atoms with Crippen LogP contribution >= 0.6 is 0 Å². The second kappa shape index (κ2) is 11.4. The highest BCUT2D eigenvalue weighted by Gasteiger charge is 2.46. The van der Waals surface area contributed by atoms with Gasteiger partial charge in [0.25, 0.3) is 0 Å². The quantitative estimate of drug-likeness (QED) is 0.189. The van der Waals surface area contributed by atoms with Crippen molar-refractivity contribution in [2.45, 2.75) is 56.8 Å². The standard InChI is InChI=1S/C48H39N3/c1-47(2)40-24-23-34(28-37(40)39-30-43-38(29-42(39)47)36-21-10-11-22-41(36)48(43)25-12-5-13-26-48)33-19-14-20-35(27-33)46-50-44(31-15-6-3-7-16-31)49-45(51-46)32-17-8-4-9-18-32/h3-4,6-11,14-24,27-30H,5,12-13,25-26H2,1-2H3. The second-order valence-electron chi connectivity index (χ2n) is 15.1. The van der Waals surface area contributed by atoms with Gasteiger partial charge in [-0.2, -0.15) is 0 Å². The predicted octanol–water partition coefficient (Wildman–Crippen LogP) is 12.1. The molecule has 3 heteroatoms. The van der Waals surface area contributed by atoms with Crippen molar-refractivity contribution in [2.24, 2.45) is 0 Å². The maximum absolute atomic E-state index is 5.01. The fraction of sp³-hybridized carbons (Fsp3) is 0.188. The van der Waals surface area contributed by atoms with Crippen molar-refractivity contribution in [1.29, 1.82) is 0 Å². The number of hydrogen-bond donors (Lipinski definition) is 0. The number of nitrogens with zero attached hydrogens (tertiary/aromatic N) is 3. The molecular formula is C48H39N3. The Labute approximate surface area is 300 Å². The van der Waals surface area contributed by atoms with E-state index < -0.39 is 0 Å². The van der Waals surface area contributed by atoms with Crippen molar-refractivity contribution in [3.8, 4) is 67.5 Å². The van der Waals surface area contributed by atoms with Gasteiger partial charge in [0.05, 0.1) is 0 Å². The third kappa shape index (κ3) is 4.68. The van der Waals surface area contributed by atoms with Crippen molar-refractivity contribution in [1.82, 2.24) is 15.0 Å². The molecule has 7 aromatic rings. The average Bonchev–Trinajstić information content (AvgIpc) is 3.58. The lowest BCUT2D eigenvalue weighted by Gasteiger charge is -2.36. The molecule has 0 N–H and O–H groups in total. The van der Waals surface area contributed by atoms with E-state index in [9.17, 15) is 0 Å². The van der Waals surface area contributed by atoms with Crippen LogP contribution in [0.1, 0.15) is 68.2 Å². The number of benzene rings is 6. The molecule has 0 saturated heterocycles. The van der Waals surface area contributed by atoms with Crippen molar-refractivity contribution in [3.63, 3.8) is 0 Å². The summed E-state index contributed by atoms with van der Waals surface area (Å²) in [5, 5.41) is 0. The van der Waals surface area contributed by atoms with Crippen LogP contribution in [0.25, 0.3) is 67.5 Å². The smallest absolute Gasteiger partial charge is 0.164 e. The van der Waals surface area contributed by atoms with E-state index in [1.807, 2.05) is 36.4 Å². The molecule has 0 atom stereocenters. The predicted molar refractivity (Wildman–Crippen MR) is 208 cm³/mol. The van der Waals surface area contributed by atoms with Crippen LogP contribution in [0.3, 0.4) is 0 Å². The molecule has 51 heavy (non-hydrogen) atoms. The Hall–Kier alpha value is -5.67. The molecule has 0 radical (unpaired) electrons. The van der Waals surface area contributed by atoms with Crippen LogP contribution < -0.4 is 0 Å². The Morgan fingerprint density at radius 2 is 0.902 bits per heavy atom. The number of fused-ring (bicyclic) bond motifs is 8. The van der Waals surface area contributed by atoms with Crippen molar-refractivity contribution in [3.05, 3.63) is 162 Å². The Morgan fingerprint density at radius 1 is 0.373 bits per heavy atom. The first-order chi connectivity index (χ1) is 25.0. The Balaban J connectivity index is 1.09. The van der Waals surface area contributed by atoms with E-state index >= 15 is 0 Å². The maximum Gasteiger partial charge on any atom is 0.164 e. The minimum absolute atomic E-state index is 0.0795. The Morgan fingerprint density at radius 3 is 1.61 bits per heavy atom. The molecule has 246 valence electrons. The summed E-state index contributed by atoms with van der Waals surface area (Å²) in [7, 11) is 0. The first-order valence-electron chi connectivity index (χ1n) is 18.4. The van der Waals surface area contributed by atoms with E-state index in [0.717, 1.165) is 22.3 Å². The van der Waals surface area contributed by atoms with E-state index in [4.69, 9.17) is 15.0 Å². The molecule has 1 fully saturated rings. The Bertz CT molecular complexity index is 2410. The topological polar surface area (TPSA) is 38.7 Å². The normalized spacial score (nSPS) is 16.0. The van der Waals surface area contributed by atoms with Gasteiger partial charge in [-0.25, -0.2) is 15.0 Å². The Kier molecular flexibility index (Phi) is 6.76. The molecule has 3 nitrogen and oxygen atoms in total. The minimum atomic E-state index is -0.0795. The van der Waals surface area contributed by atoms with Gasteiger partial charge in [0.15, 0.2) is 17.5 Å². The van der Waals surface area contributed by atoms with Gasteiger partial charge in [0.2, 0.25) is 0 Å². The molecule has 0 bridgehead atoms. The van der Waals surface area contributed by atoms with Gasteiger partial charge < -0.3 is 0 Å². The summed E-state index contributed by atoms with van der Waals surface area (Å²) in [5.74, 6) is 2.02. The monoisotopic (exact) mass is 657 g/mol. The summed E-state index contributed by atoms with van der Waals surface area (Å²) in [6, 6.07) is 50.5. The first-order valence-corrected chi connectivity index (χ1v) is 18.4. The third-order valence-electron chi connectivity index (χ3n) is 11.9. The van der Waals surface area contributed by atoms with Crippen LogP contribution in [0.5, 0.6) is 0 Å². The lowest BCUT2D eigenvalue weighted by molar-refractivity contribution is 0.353. The van der Waals surface area contributed by atoms with Crippen LogP contribution in [0, 0.1) is 0 Å². The van der Waals surface area contributed by atoms with E-state index in [1.165, 1.54) is 71.0 Å². The van der Waals surface area contributed by atoms with E-state index in [2.05, 4.69) is 117 Å². The highest BCUT2D eigenvalue weighted by Crippen LogP contribution is 2.59. The first kappa shape index (κ1) is 30.2. The molecule has 0 unspecified atom stereocenters. The van der Waals surface area contributed by atoms with Crippen LogP contribution in [0.15, 0.2) is 140 Å². The lowest BCUT2D eigenvalue weighted by atomic mass is 9.67. The molecule has 0 amide bonds. The van der Waals surface area contributed by atoms with Crippen molar-refractivity contribution in [2.75, 3.05) is 0 Å². The molecule has 10 rings (SSSR count). The van der Waals surface area contributed by atoms with Gasteiger partial charge in [-0.3, -0.25) is 0 Å². The van der Waals surface area contributed by atoms with Crippen LogP contribution in [-0.2, 0) is 10.8 Å². The molecule has 6 aromatic carbocycles. The highest BCUT2D eigenvalue weighted by atomic mass is 15.0. The van der Waals surface area contributed by atoms with Gasteiger partial charge in [-0.05, 0) is 92.7 Å². The molecule has 1 aromatic heterocycles. The van der Waals surface area contributed by atoms with Crippen molar-refractivity contribution < 1.29 is 0 Å². The molecule has 1 saturated carbocycles.